The van der Waals surface area contributed by atoms with Crippen LogP contribution in [0.1, 0.15) is 54.2 Å². The number of amides is 1. The van der Waals surface area contributed by atoms with E-state index in [1.807, 2.05) is 17.5 Å². The second kappa shape index (κ2) is 6.41. The molecule has 6 nitrogen and oxygen atoms in total. The number of nitrogens with one attached hydrogen (secondary N) is 1. The lowest BCUT2D eigenvalue weighted by atomic mass is 10.2. The second-order valence-electron chi connectivity index (χ2n) is 6.25. The van der Waals surface area contributed by atoms with Crippen LogP contribution in [-0.2, 0) is 11.3 Å². The van der Waals surface area contributed by atoms with Gasteiger partial charge in [-0.3, -0.25) is 9.69 Å². The first-order valence-corrected chi connectivity index (χ1v) is 9.04. The van der Waals surface area contributed by atoms with Gasteiger partial charge in [-0.2, -0.15) is 4.98 Å². The third-order valence-electron chi connectivity index (χ3n) is 4.43. The standard InChI is InChI=1S/C16H20N4O2S/c21-14(17-9-12-3-2-8-23-12)10-20-7-1-4-13(20)15-18-16(22-19-15)11-5-6-11/h2-3,8,11,13H,1,4-7,9-10H2,(H,17,21). The summed E-state index contributed by atoms with van der Waals surface area (Å²) in [6.07, 6.45) is 4.36. The number of thiophene rings is 1. The Hall–Kier alpha value is -1.73. The van der Waals surface area contributed by atoms with E-state index in [0.29, 0.717) is 19.0 Å². The number of hydrogen-bond acceptors (Lipinski definition) is 6. The monoisotopic (exact) mass is 332 g/mol. The Balaban J connectivity index is 1.34. The quantitative estimate of drug-likeness (QED) is 0.880. The average molecular weight is 332 g/mol. The van der Waals surface area contributed by atoms with Gasteiger partial charge in [-0.1, -0.05) is 11.2 Å². The summed E-state index contributed by atoms with van der Waals surface area (Å²) in [7, 11) is 0. The van der Waals surface area contributed by atoms with Crippen molar-refractivity contribution in [1.29, 1.82) is 0 Å². The maximum Gasteiger partial charge on any atom is 0.234 e. The Morgan fingerprint density at radius 1 is 1.43 bits per heavy atom. The Labute approximate surface area is 138 Å². The van der Waals surface area contributed by atoms with Crippen molar-refractivity contribution in [2.24, 2.45) is 0 Å². The average Bonchev–Trinajstić information content (AvgIpc) is 2.99. The molecule has 1 N–H and O–H groups in total. The van der Waals surface area contributed by atoms with E-state index in [9.17, 15) is 4.79 Å². The maximum atomic E-state index is 12.2. The first kappa shape index (κ1) is 14.8. The topological polar surface area (TPSA) is 71.3 Å². The molecule has 122 valence electrons. The van der Waals surface area contributed by atoms with Crippen LogP contribution in [-0.4, -0.2) is 34.0 Å². The van der Waals surface area contributed by atoms with E-state index in [1.54, 1.807) is 11.3 Å². The highest BCUT2D eigenvalue weighted by Crippen LogP contribution is 2.40. The molecule has 0 aromatic carbocycles. The first-order valence-electron chi connectivity index (χ1n) is 8.16. The first-order chi connectivity index (χ1) is 11.3. The molecule has 23 heavy (non-hydrogen) atoms. The zero-order valence-electron chi connectivity index (χ0n) is 12.9. The fraction of sp³-hybridized carbons (Fsp3) is 0.562. The van der Waals surface area contributed by atoms with Crippen LogP contribution in [0.15, 0.2) is 22.0 Å². The molecule has 0 bridgehead atoms. The molecule has 2 fully saturated rings. The second-order valence-corrected chi connectivity index (χ2v) is 7.28. The molecule has 1 saturated carbocycles. The third-order valence-corrected chi connectivity index (χ3v) is 5.31. The summed E-state index contributed by atoms with van der Waals surface area (Å²) in [5.74, 6) is 2.04. The molecule has 1 saturated heterocycles. The Morgan fingerprint density at radius 2 is 2.35 bits per heavy atom. The lowest BCUT2D eigenvalue weighted by molar-refractivity contribution is -0.122. The largest absolute Gasteiger partial charge is 0.350 e. The van der Waals surface area contributed by atoms with Crippen molar-refractivity contribution < 1.29 is 9.32 Å². The minimum atomic E-state index is 0.0520. The summed E-state index contributed by atoms with van der Waals surface area (Å²) in [5, 5.41) is 9.15. The van der Waals surface area contributed by atoms with Crippen LogP contribution in [0, 0.1) is 0 Å². The summed E-state index contributed by atoms with van der Waals surface area (Å²) in [6.45, 7) is 1.90. The normalized spacial score (nSPS) is 21.7. The number of hydrogen-bond donors (Lipinski definition) is 1. The van der Waals surface area contributed by atoms with E-state index in [4.69, 9.17) is 4.52 Å². The molecule has 1 amide bonds. The number of likely N-dealkylation sites (tertiary alicyclic amines) is 1. The van der Waals surface area contributed by atoms with E-state index < -0.39 is 0 Å². The lowest BCUT2D eigenvalue weighted by Gasteiger charge is -2.20. The molecule has 0 radical (unpaired) electrons. The van der Waals surface area contributed by atoms with Gasteiger partial charge in [0.25, 0.3) is 0 Å². The summed E-state index contributed by atoms with van der Waals surface area (Å²) >= 11 is 1.66. The van der Waals surface area contributed by atoms with E-state index in [1.165, 1.54) is 4.88 Å². The van der Waals surface area contributed by atoms with Gasteiger partial charge >= 0.3 is 0 Å². The molecule has 2 aromatic heterocycles. The fourth-order valence-electron chi connectivity index (χ4n) is 3.03. The molecule has 1 aliphatic carbocycles. The predicted molar refractivity (Wildman–Crippen MR) is 86.0 cm³/mol. The molecule has 7 heteroatoms. The van der Waals surface area contributed by atoms with Gasteiger partial charge in [0.05, 0.1) is 19.1 Å². The molecule has 0 spiro atoms. The summed E-state index contributed by atoms with van der Waals surface area (Å²) in [4.78, 5) is 20.1. The lowest BCUT2D eigenvalue weighted by Crippen LogP contribution is -2.36. The van der Waals surface area contributed by atoms with Gasteiger partial charge in [0.1, 0.15) is 0 Å². The van der Waals surface area contributed by atoms with Crippen LogP contribution >= 0.6 is 11.3 Å². The van der Waals surface area contributed by atoms with Crippen LogP contribution in [0.2, 0.25) is 0 Å². The molecule has 1 atom stereocenters. The number of aromatic nitrogens is 2. The molecule has 1 unspecified atom stereocenters. The summed E-state index contributed by atoms with van der Waals surface area (Å²) < 4.78 is 5.36. The zero-order valence-corrected chi connectivity index (χ0v) is 13.7. The van der Waals surface area contributed by atoms with Crippen molar-refractivity contribution in [3.8, 4) is 0 Å². The van der Waals surface area contributed by atoms with Crippen LogP contribution < -0.4 is 5.32 Å². The zero-order chi connectivity index (χ0) is 15.6. The number of rotatable bonds is 6. The van der Waals surface area contributed by atoms with Crippen molar-refractivity contribution in [2.75, 3.05) is 13.1 Å². The minimum Gasteiger partial charge on any atom is -0.350 e. The molecule has 1 aliphatic heterocycles. The van der Waals surface area contributed by atoms with Crippen LogP contribution in [0.5, 0.6) is 0 Å². The van der Waals surface area contributed by atoms with Crippen molar-refractivity contribution in [2.45, 2.75) is 44.2 Å². The van der Waals surface area contributed by atoms with E-state index in [0.717, 1.165) is 43.9 Å². The van der Waals surface area contributed by atoms with Gasteiger partial charge in [-0.05, 0) is 43.7 Å². The maximum absolute atomic E-state index is 12.2. The number of carbonyl (C=O) groups excluding carboxylic acids is 1. The fourth-order valence-corrected chi connectivity index (χ4v) is 3.67. The van der Waals surface area contributed by atoms with Crippen LogP contribution in [0.3, 0.4) is 0 Å². The molecule has 2 aromatic rings. The SMILES string of the molecule is O=C(CN1CCCC1c1noc(C2CC2)n1)NCc1cccs1. The van der Waals surface area contributed by atoms with Crippen molar-refractivity contribution in [1.82, 2.24) is 20.4 Å². The van der Waals surface area contributed by atoms with Crippen LogP contribution in [0.4, 0.5) is 0 Å². The molecule has 3 heterocycles. The number of nitrogens with zero attached hydrogens (tertiary/aromatic N) is 3. The smallest absolute Gasteiger partial charge is 0.234 e. The van der Waals surface area contributed by atoms with Crippen molar-refractivity contribution >= 4 is 17.2 Å². The highest BCUT2D eigenvalue weighted by molar-refractivity contribution is 7.09. The van der Waals surface area contributed by atoms with E-state index in [2.05, 4.69) is 20.4 Å². The minimum absolute atomic E-state index is 0.0520. The van der Waals surface area contributed by atoms with E-state index in [-0.39, 0.29) is 11.9 Å². The van der Waals surface area contributed by atoms with Gasteiger partial charge in [0, 0.05) is 10.8 Å². The van der Waals surface area contributed by atoms with Gasteiger partial charge in [0.2, 0.25) is 11.8 Å². The Bertz CT molecular complexity index is 665. The third kappa shape index (κ3) is 3.45. The summed E-state index contributed by atoms with van der Waals surface area (Å²) in [6, 6.07) is 4.14. The Morgan fingerprint density at radius 3 is 3.13 bits per heavy atom. The van der Waals surface area contributed by atoms with E-state index >= 15 is 0 Å². The van der Waals surface area contributed by atoms with Gasteiger partial charge in [0.15, 0.2) is 5.82 Å². The predicted octanol–water partition coefficient (Wildman–Crippen LogP) is 2.46. The van der Waals surface area contributed by atoms with Crippen LogP contribution in [0.25, 0.3) is 0 Å². The highest BCUT2D eigenvalue weighted by atomic mass is 32.1. The molecule has 2 aliphatic rings. The highest BCUT2D eigenvalue weighted by Gasteiger charge is 2.34. The summed E-state index contributed by atoms with van der Waals surface area (Å²) in [5.41, 5.74) is 0. The molecular weight excluding hydrogens is 312 g/mol. The Kier molecular flexibility index (Phi) is 4.13. The van der Waals surface area contributed by atoms with Gasteiger partial charge in [-0.15, -0.1) is 11.3 Å². The van der Waals surface area contributed by atoms with Gasteiger partial charge in [-0.25, -0.2) is 0 Å². The van der Waals surface area contributed by atoms with Gasteiger partial charge < -0.3 is 9.84 Å². The number of carbonyl (C=O) groups is 1. The molecule has 4 rings (SSSR count). The van der Waals surface area contributed by atoms with Crippen molar-refractivity contribution in [3.05, 3.63) is 34.1 Å². The van der Waals surface area contributed by atoms with Crippen molar-refractivity contribution in [3.63, 3.8) is 0 Å². The molecular formula is C16H20N4O2S.